The Labute approximate surface area is 130 Å². The number of hydrogen-bond donors (Lipinski definition) is 1. The van der Waals surface area contributed by atoms with Crippen molar-refractivity contribution < 1.29 is 14.1 Å². The third-order valence-corrected chi connectivity index (χ3v) is 4.31. The van der Waals surface area contributed by atoms with Gasteiger partial charge in [-0.15, -0.1) is 0 Å². The van der Waals surface area contributed by atoms with Crippen molar-refractivity contribution in [3.8, 4) is 0 Å². The number of aromatic nitrogens is 2. The summed E-state index contributed by atoms with van der Waals surface area (Å²) in [6.07, 6.45) is 5.82. The third kappa shape index (κ3) is 4.04. The third-order valence-electron chi connectivity index (χ3n) is 4.31. The van der Waals surface area contributed by atoms with E-state index in [0.717, 1.165) is 38.2 Å². The zero-order valence-corrected chi connectivity index (χ0v) is 13.1. The van der Waals surface area contributed by atoms with E-state index in [1.807, 2.05) is 11.9 Å². The highest BCUT2D eigenvalue weighted by atomic mass is 16.5. The van der Waals surface area contributed by atoms with E-state index in [4.69, 9.17) is 9.26 Å². The molecule has 2 fully saturated rings. The summed E-state index contributed by atoms with van der Waals surface area (Å²) in [4.78, 5) is 18.2. The van der Waals surface area contributed by atoms with Crippen LogP contribution in [-0.4, -0.2) is 53.8 Å². The fourth-order valence-corrected chi connectivity index (χ4v) is 2.78. The Kier molecular flexibility index (Phi) is 5.04. The van der Waals surface area contributed by atoms with Gasteiger partial charge in [0.15, 0.2) is 5.82 Å². The van der Waals surface area contributed by atoms with E-state index < -0.39 is 0 Å². The second-order valence-corrected chi connectivity index (χ2v) is 6.29. The molecule has 1 aromatic rings. The van der Waals surface area contributed by atoms with Crippen LogP contribution in [0.25, 0.3) is 0 Å². The monoisotopic (exact) mass is 308 g/mol. The van der Waals surface area contributed by atoms with E-state index in [1.165, 1.54) is 6.42 Å². The van der Waals surface area contributed by atoms with Crippen molar-refractivity contribution in [2.24, 2.45) is 0 Å². The Bertz CT molecular complexity index is 495. The van der Waals surface area contributed by atoms with Gasteiger partial charge in [-0.2, -0.15) is 4.98 Å². The summed E-state index contributed by atoms with van der Waals surface area (Å²) in [6, 6.07) is 0. The van der Waals surface area contributed by atoms with E-state index in [2.05, 4.69) is 15.5 Å². The van der Waals surface area contributed by atoms with Crippen molar-refractivity contribution in [2.75, 3.05) is 26.7 Å². The first-order valence-electron chi connectivity index (χ1n) is 8.10. The Hall–Kier alpha value is -1.47. The molecule has 7 heteroatoms. The maximum atomic E-state index is 11.9. The Morgan fingerprint density at radius 1 is 1.36 bits per heavy atom. The van der Waals surface area contributed by atoms with Gasteiger partial charge < -0.3 is 14.6 Å². The van der Waals surface area contributed by atoms with Gasteiger partial charge in [0.25, 0.3) is 0 Å². The number of rotatable bonds is 7. The van der Waals surface area contributed by atoms with E-state index in [9.17, 15) is 4.79 Å². The average Bonchev–Trinajstić information content (AvgIpc) is 3.06. The molecule has 1 saturated heterocycles. The van der Waals surface area contributed by atoms with E-state index in [1.54, 1.807) is 0 Å². The molecule has 0 aromatic carbocycles. The highest BCUT2D eigenvalue weighted by Crippen LogP contribution is 2.35. The molecule has 1 unspecified atom stereocenters. The highest BCUT2D eigenvalue weighted by Gasteiger charge is 2.25. The summed E-state index contributed by atoms with van der Waals surface area (Å²) < 4.78 is 10.8. The summed E-state index contributed by atoms with van der Waals surface area (Å²) in [6.45, 7) is 2.24. The molecule has 7 nitrogen and oxygen atoms in total. The summed E-state index contributed by atoms with van der Waals surface area (Å²) in [5.74, 6) is 1.84. The van der Waals surface area contributed by atoms with Gasteiger partial charge >= 0.3 is 0 Å². The van der Waals surface area contributed by atoms with Gasteiger partial charge in [-0.1, -0.05) is 11.6 Å². The van der Waals surface area contributed by atoms with Crippen LogP contribution in [0.1, 0.15) is 49.7 Å². The molecule has 1 aromatic heterocycles. The minimum atomic E-state index is 0.000659. The fourth-order valence-electron chi connectivity index (χ4n) is 2.78. The molecule has 122 valence electrons. The van der Waals surface area contributed by atoms with Crippen molar-refractivity contribution in [1.82, 2.24) is 20.4 Å². The van der Waals surface area contributed by atoms with Gasteiger partial charge in [0.05, 0.1) is 19.2 Å². The first-order valence-corrected chi connectivity index (χ1v) is 8.10. The maximum absolute atomic E-state index is 11.9. The van der Waals surface area contributed by atoms with Gasteiger partial charge in [-0.25, -0.2) is 0 Å². The molecule has 0 radical (unpaired) electrons. The molecule has 22 heavy (non-hydrogen) atoms. The zero-order chi connectivity index (χ0) is 15.4. The Morgan fingerprint density at radius 2 is 2.23 bits per heavy atom. The van der Waals surface area contributed by atoms with E-state index >= 15 is 0 Å². The quantitative estimate of drug-likeness (QED) is 0.811. The van der Waals surface area contributed by atoms with Crippen LogP contribution >= 0.6 is 0 Å². The molecule has 3 rings (SSSR count). The Morgan fingerprint density at radius 3 is 2.91 bits per heavy atom. The Balaban J connectivity index is 1.38. The molecule has 1 aliphatic heterocycles. The summed E-state index contributed by atoms with van der Waals surface area (Å²) in [7, 11) is 1.88. The molecule has 0 spiro atoms. The molecule has 1 N–H and O–H groups in total. The van der Waals surface area contributed by atoms with E-state index in [-0.39, 0.29) is 12.0 Å². The van der Waals surface area contributed by atoms with Crippen LogP contribution in [0.15, 0.2) is 4.52 Å². The number of nitrogens with one attached hydrogen (secondary N) is 1. The largest absolute Gasteiger partial charge is 0.376 e. The van der Waals surface area contributed by atoms with Crippen LogP contribution in [0.3, 0.4) is 0 Å². The first-order chi connectivity index (χ1) is 10.7. The van der Waals surface area contributed by atoms with Crippen LogP contribution in [0.2, 0.25) is 0 Å². The SMILES string of the molecule is CN(CC(=O)NCC1CCCO1)Cc1noc(C2CCC2)n1. The smallest absolute Gasteiger partial charge is 0.234 e. The number of hydrogen-bond acceptors (Lipinski definition) is 6. The van der Waals surface area contributed by atoms with Crippen molar-refractivity contribution in [1.29, 1.82) is 0 Å². The summed E-state index contributed by atoms with van der Waals surface area (Å²) >= 11 is 0. The number of ether oxygens (including phenoxy) is 1. The predicted molar refractivity (Wildman–Crippen MR) is 79.2 cm³/mol. The average molecular weight is 308 g/mol. The lowest BCUT2D eigenvalue weighted by atomic mass is 9.85. The number of likely N-dealkylation sites (N-methyl/N-ethyl adjacent to an activating group) is 1. The second kappa shape index (κ2) is 7.19. The lowest BCUT2D eigenvalue weighted by Gasteiger charge is -2.20. The molecule has 1 atom stereocenters. The minimum absolute atomic E-state index is 0.000659. The van der Waals surface area contributed by atoms with E-state index in [0.29, 0.717) is 31.4 Å². The molecule has 1 amide bonds. The van der Waals surface area contributed by atoms with Crippen LogP contribution in [-0.2, 0) is 16.1 Å². The molecular weight excluding hydrogens is 284 g/mol. The predicted octanol–water partition coefficient (Wildman–Crippen LogP) is 1.06. The maximum Gasteiger partial charge on any atom is 0.234 e. The van der Waals surface area contributed by atoms with Crippen LogP contribution in [0.5, 0.6) is 0 Å². The molecule has 2 heterocycles. The second-order valence-electron chi connectivity index (χ2n) is 6.29. The van der Waals surface area contributed by atoms with Crippen molar-refractivity contribution >= 4 is 5.91 Å². The number of nitrogens with zero attached hydrogens (tertiary/aromatic N) is 3. The van der Waals surface area contributed by atoms with Gasteiger partial charge in [0.2, 0.25) is 11.8 Å². The normalized spacial score (nSPS) is 22.0. The lowest BCUT2D eigenvalue weighted by Crippen LogP contribution is -2.38. The summed E-state index contributed by atoms with van der Waals surface area (Å²) in [5, 5.41) is 6.91. The summed E-state index contributed by atoms with van der Waals surface area (Å²) in [5.41, 5.74) is 0. The van der Waals surface area contributed by atoms with Crippen molar-refractivity contribution in [3.63, 3.8) is 0 Å². The molecule has 0 bridgehead atoms. The van der Waals surface area contributed by atoms with Gasteiger partial charge in [-0.3, -0.25) is 9.69 Å². The molecule has 1 aliphatic carbocycles. The molecular formula is C15H24N4O3. The van der Waals surface area contributed by atoms with Crippen molar-refractivity contribution in [3.05, 3.63) is 11.7 Å². The van der Waals surface area contributed by atoms with Crippen molar-refractivity contribution in [2.45, 2.75) is 50.7 Å². The van der Waals surface area contributed by atoms with Gasteiger partial charge in [0, 0.05) is 19.1 Å². The standard InChI is InChI=1S/C15H24N4O3/c1-19(10-14(20)16-8-12-6-3-7-21-12)9-13-17-15(22-18-13)11-4-2-5-11/h11-12H,2-10H2,1H3,(H,16,20). The van der Waals surface area contributed by atoms with Gasteiger partial charge in [0.1, 0.15) is 0 Å². The first kappa shape index (κ1) is 15.4. The number of carbonyl (C=O) groups is 1. The van der Waals surface area contributed by atoms with Crippen LogP contribution in [0.4, 0.5) is 0 Å². The zero-order valence-electron chi connectivity index (χ0n) is 13.1. The lowest BCUT2D eigenvalue weighted by molar-refractivity contribution is -0.122. The number of amides is 1. The fraction of sp³-hybridized carbons (Fsp3) is 0.800. The topological polar surface area (TPSA) is 80.5 Å². The molecule has 1 saturated carbocycles. The molecule has 2 aliphatic rings. The highest BCUT2D eigenvalue weighted by molar-refractivity contribution is 5.77. The van der Waals surface area contributed by atoms with Crippen LogP contribution in [0, 0.1) is 0 Å². The minimum Gasteiger partial charge on any atom is -0.376 e. The van der Waals surface area contributed by atoms with Crippen LogP contribution < -0.4 is 5.32 Å². The number of carbonyl (C=O) groups excluding carboxylic acids is 1. The van der Waals surface area contributed by atoms with Gasteiger partial charge in [-0.05, 0) is 32.7 Å².